The van der Waals surface area contributed by atoms with Crippen LogP contribution in [0.2, 0.25) is 0 Å². The lowest BCUT2D eigenvalue weighted by Crippen LogP contribution is -2.48. The number of aliphatic hydroxyl groups excluding tert-OH is 1. The van der Waals surface area contributed by atoms with Crippen molar-refractivity contribution in [2.45, 2.75) is 116 Å². The van der Waals surface area contributed by atoms with Crippen LogP contribution < -0.4 is 14.2 Å². The predicted octanol–water partition coefficient (Wildman–Crippen LogP) is 8.84. The number of hydrogen-bond acceptors (Lipinski definition) is 5. The van der Waals surface area contributed by atoms with E-state index in [1.165, 1.54) is 56.7 Å². The molecular weight excluding hydrogens is 574 g/mol. The molecule has 2 aromatic carbocycles. The first-order valence-electron chi connectivity index (χ1n) is 17.5. The summed E-state index contributed by atoms with van der Waals surface area (Å²) in [5.41, 5.74) is 0.222. The van der Waals surface area contributed by atoms with Crippen molar-refractivity contribution < 1.29 is 33.2 Å². The smallest absolute Gasteiger partial charge is 0.168 e. The first-order valence-corrected chi connectivity index (χ1v) is 17.5. The second-order valence-corrected chi connectivity index (χ2v) is 16.1. The fraction of sp³-hybridized carbons (Fsp3) is 0.684. The van der Waals surface area contributed by atoms with Gasteiger partial charge in [0.15, 0.2) is 23.1 Å². The Balaban J connectivity index is 0.957. The molecule has 0 saturated heterocycles. The molecule has 5 atom stereocenters. The lowest BCUT2D eigenvalue weighted by molar-refractivity contribution is -0.0746. The molecule has 246 valence electrons. The minimum absolute atomic E-state index is 0.0223. The summed E-state index contributed by atoms with van der Waals surface area (Å²) in [5.74, 6) is 2.93. The molecule has 4 bridgehead atoms. The Morgan fingerprint density at radius 3 is 2.13 bits per heavy atom. The van der Waals surface area contributed by atoms with E-state index in [1.807, 2.05) is 6.07 Å². The monoisotopic (exact) mass is 624 g/mol. The molecule has 7 heteroatoms. The number of phenolic OH excluding ortho intramolecular Hbond substituents is 1. The first-order chi connectivity index (χ1) is 21.5. The summed E-state index contributed by atoms with van der Waals surface area (Å²) in [6.45, 7) is 5.28. The molecule has 45 heavy (non-hydrogen) atoms. The number of aromatic hydroxyl groups is 1. The SMILES string of the molecule is CC(C)([C@H]1CCCC(Oc2ccc(O)c(F)c2)C1)[C@H]1CCC(O)C(Oc2ccc(OCC34CC5CC(CC(C5)C3)C4)cc2F)C1. The second-order valence-electron chi connectivity index (χ2n) is 16.1. The van der Waals surface area contributed by atoms with Crippen molar-refractivity contribution in [3.63, 3.8) is 0 Å². The largest absolute Gasteiger partial charge is 0.505 e. The van der Waals surface area contributed by atoms with Crippen LogP contribution in [0.1, 0.15) is 97.3 Å². The van der Waals surface area contributed by atoms with Crippen molar-refractivity contribution in [2.75, 3.05) is 6.61 Å². The van der Waals surface area contributed by atoms with Crippen LogP contribution in [0.15, 0.2) is 36.4 Å². The van der Waals surface area contributed by atoms with Crippen LogP contribution in [0.25, 0.3) is 0 Å². The third kappa shape index (κ3) is 6.53. The highest BCUT2D eigenvalue weighted by atomic mass is 19.1. The molecule has 8 rings (SSSR count). The molecule has 6 aliphatic rings. The van der Waals surface area contributed by atoms with Gasteiger partial charge in [0.1, 0.15) is 17.6 Å². The van der Waals surface area contributed by atoms with Crippen LogP contribution >= 0.6 is 0 Å². The lowest BCUT2D eigenvalue weighted by atomic mass is 9.50. The number of aliphatic hydroxyl groups is 1. The molecule has 6 saturated carbocycles. The van der Waals surface area contributed by atoms with Gasteiger partial charge in [-0.05, 0) is 143 Å². The molecule has 0 aromatic heterocycles. The summed E-state index contributed by atoms with van der Waals surface area (Å²) in [4.78, 5) is 0. The summed E-state index contributed by atoms with van der Waals surface area (Å²) < 4.78 is 47.8. The summed E-state index contributed by atoms with van der Waals surface area (Å²) in [5, 5.41) is 20.4. The Hall–Kier alpha value is -2.54. The average Bonchev–Trinajstić information content (AvgIpc) is 3.00. The number of rotatable bonds is 9. The van der Waals surface area contributed by atoms with Crippen LogP contribution in [-0.4, -0.2) is 35.1 Å². The van der Waals surface area contributed by atoms with Gasteiger partial charge in [-0.25, -0.2) is 8.78 Å². The number of benzene rings is 2. The van der Waals surface area contributed by atoms with Crippen LogP contribution in [0.4, 0.5) is 8.78 Å². The van der Waals surface area contributed by atoms with E-state index in [0.717, 1.165) is 49.9 Å². The van der Waals surface area contributed by atoms with Crippen molar-refractivity contribution in [1.29, 1.82) is 0 Å². The number of halogens is 2. The van der Waals surface area contributed by atoms with Gasteiger partial charge in [0, 0.05) is 17.5 Å². The molecular formula is C38H50F2O5. The van der Waals surface area contributed by atoms with E-state index in [0.29, 0.717) is 42.8 Å². The zero-order valence-electron chi connectivity index (χ0n) is 26.9. The second kappa shape index (κ2) is 12.2. The van der Waals surface area contributed by atoms with Crippen LogP contribution in [0.3, 0.4) is 0 Å². The maximum atomic E-state index is 15.4. The average molecular weight is 625 g/mol. The Kier molecular flexibility index (Phi) is 8.45. The van der Waals surface area contributed by atoms with E-state index in [4.69, 9.17) is 14.2 Å². The van der Waals surface area contributed by atoms with Gasteiger partial charge in [0.2, 0.25) is 0 Å². The van der Waals surface area contributed by atoms with Gasteiger partial charge in [-0.2, -0.15) is 0 Å². The lowest BCUT2D eigenvalue weighted by Gasteiger charge is -2.56. The molecule has 2 aromatic rings. The Bertz CT molecular complexity index is 1320. The quantitative estimate of drug-likeness (QED) is 0.292. The van der Waals surface area contributed by atoms with E-state index in [2.05, 4.69) is 13.8 Å². The van der Waals surface area contributed by atoms with Gasteiger partial charge < -0.3 is 24.4 Å². The van der Waals surface area contributed by atoms with Crippen molar-refractivity contribution in [3.05, 3.63) is 48.0 Å². The van der Waals surface area contributed by atoms with Gasteiger partial charge in [0.05, 0.1) is 18.8 Å². The van der Waals surface area contributed by atoms with Crippen LogP contribution in [-0.2, 0) is 0 Å². The normalized spacial score (nSPS) is 36.1. The maximum Gasteiger partial charge on any atom is 0.168 e. The van der Waals surface area contributed by atoms with E-state index in [1.54, 1.807) is 12.1 Å². The Morgan fingerprint density at radius 1 is 0.778 bits per heavy atom. The van der Waals surface area contributed by atoms with E-state index >= 15 is 4.39 Å². The minimum atomic E-state index is -0.678. The Morgan fingerprint density at radius 2 is 1.44 bits per heavy atom. The fourth-order valence-electron chi connectivity index (χ4n) is 10.5. The van der Waals surface area contributed by atoms with Crippen LogP contribution in [0, 0.1) is 52.1 Å². The number of phenols is 1. The molecule has 0 amide bonds. The zero-order valence-corrected chi connectivity index (χ0v) is 26.9. The van der Waals surface area contributed by atoms with E-state index in [9.17, 15) is 14.6 Å². The third-order valence-electron chi connectivity index (χ3n) is 12.6. The van der Waals surface area contributed by atoms with Gasteiger partial charge in [-0.1, -0.05) is 13.8 Å². The summed E-state index contributed by atoms with van der Waals surface area (Å²) in [7, 11) is 0. The molecule has 0 spiro atoms. The number of ether oxygens (including phenoxy) is 3. The van der Waals surface area contributed by atoms with Crippen molar-refractivity contribution >= 4 is 0 Å². The summed E-state index contributed by atoms with van der Waals surface area (Å²) in [6, 6.07) is 9.12. The van der Waals surface area contributed by atoms with Crippen molar-refractivity contribution in [2.24, 2.45) is 40.4 Å². The highest BCUT2D eigenvalue weighted by molar-refractivity contribution is 5.34. The van der Waals surface area contributed by atoms with E-state index < -0.39 is 23.8 Å². The van der Waals surface area contributed by atoms with Gasteiger partial charge in [-0.3, -0.25) is 0 Å². The van der Waals surface area contributed by atoms with E-state index in [-0.39, 0.29) is 28.4 Å². The molecule has 2 N–H and O–H groups in total. The molecule has 0 aliphatic heterocycles. The summed E-state index contributed by atoms with van der Waals surface area (Å²) >= 11 is 0. The van der Waals surface area contributed by atoms with Crippen LogP contribution in [0.5, 0.6) is 23.0 Å². The van der Waals surface area contributed by atoms with Crippen molar-refractivity contribution in [1.82, 2.24) is 0 Å². The predicted molar refractivity (Wildman–Crippen MR) is 168 cm³/mol. The molecule has 6 fully saturated rings. The third-order valence-corrected chi connectivity index (χ3v) is 12.6. The highest BCUT2D eigenvalue weighted by Crippen LogP contribution is 2.60. The zero-order chi connectivity index (χ0) is 31.3. The summed E-state index contributed by atoms with van der Waals surface area (Å²) in [6.07, 6.45) is 12.8. The van der Waals surface area contributed by atoms with Gasteiger partial charge in [-0.15, -0.1) is 0 Å². The molecule has 3 unspecified atom stereocenters. The minimum Gasteiger partial charge on any atom is -0.505 e. The molecule has 0 heterocycles. The highest BCUT2D eigenvalue weighted by Gasteiger charge is 2.51. The van der Waals surface area contributed by atoms with Gasteiger partial charge in [0.25, 0.3) is 0 Å². The first kappa shape index (κ1) is 31.1. The topological polar surface area (TPSA) is 68.2 Å². The van der Waals surface area contributed by atoms with Crippen molar-refractivity contribution in [3.8, 4) is 23.0 Å². The Labute approximate surface area is 266 Å². The molecule has 5 nitrogen and oxygen atoms in total. The fourth-order valence-corrected chi connectivity index (χ4v) is 10.5. The number of hydrogen-bond donors (Lipinski definition) is 2. The van der Waals surface area contributed by atoms with Gasteiger partial charge >= 0.3 is 0 Å². The standard InChI is InChI=1S/C38H50F2O5/c1-37(2,26-4-3-5-29(15-26)44-30-7-10-33(41)31(39)18-30)27-6-9-34(42)36(16-27)45-35-11-8-28(17-32(35)40)43-22-38-19-23-12-24(20-38)14-25(13-23)21-38/h7-8,10-11,17-18,23-27,29,34,36,41-42H,3-6,9,12-16,19-22H2,1-2H3/t23?,24?,25?,26-,27-,29?,34?,36?,38?/m0/s1. The maximum absolute atomic E-state index is 15.4. The molecule has 0 radical (unpaired) electrons. The molecule has 6 aliphatic carbocycles.